The molecule has 1 heterocycles. The molecule has 2 aromatic carbocycles. The van der Waals surface area contributed by atoms with Crippen LogP contribution in [0.1, 0.15) is 12.2 Å². The third-order valence-electron chi connectivity index (χ3n) is 3.89. The molecule has 0 bridgehead atoms. The highest BCUT2D eigenvalue weighted by Crippen LogP contribution is 2.23. The average Bonchev–Trinajstić information content (AvgIpc) is 3.22. The molecule has 0 atom stereocenters. The lowest BCUT2D eigenvalue weighted by Crippen LogP contribution is -2.23. The molecule has 0 radical (unpaired) electrons. The van der Waals surface area contributed by atoms with Crippen molar-refractivity contribution < 1.29 is 22.4 Å². The maximum atomic E-state index is 12.3. The zero-order valence-corrected chi connectivity index (χ0v) is 16.9. The molecule has 0 saturated heterocycles. The van der Waals surface area contributed by atoms with E-state index < -0.39 is 10.0 Å². The number of amides is 1. The van der Waals surface area contributed by atoms with E-state index in [4.69, 9.17) is 20.8 Å². The molecule has 29 heavy (non-hydrogen) atoms. The van der Waals surface area contributed by atoms with Gasteiger partial charge in [0, 0.05) is 5.69 Å². The van der Waals surface area contributed by atoms with Crippen molar-refractivity contribution in [3.8, 4) is 5.75 Å². The van der Waals surface area contributed by atoms with E-state index in [2.05, 4.69) is 10.0 Å². The summed E-state index contributed by atoms with van der Waals surface area (Å²) in [6.45, 7) is 0.220. The third-order valence-corrected chi connectivity index (χ3v) is 5.62. The molecule has 1 amide bonds. The standard InChI is InChI=1S/C20H19ClN2O5S/c21-18-5-1-2-6-19(18)28-13-11-20(24)23-15-7-9-17(10-8-15)29(25,26)22-14-16-4-3-12-27-16/h1-10,12,22H,11,13-14H2,(H,23,24). The summed E-state index contributed by atoms with van der Waals surface area (Å²) < 4.78 is 37.6. The molecular formula is C20H19ClN2O5S. The summed E-state index contributed by atoms with van der Waals surface area (Å²) in [7, 11) is -3.69. The molecule has 0 fully saturated rings. The van der Waals surface area contributed by atoms with Crippen molar-refractivity contribution in [2.45, 2.75) is 17.9 Å². The number of carbonyl (C=O) groups is 1. The van der Waals surface area contributed by atoms with E-state index in [1.165, 1.54) is 30.5 Å². The van der Waals surface area contributed by atoms with Gasteiger partial charge in [0.1, 0.15) is 11.5 Å². The number of carbonyl (C=O) groups excluding carboxylic acids is 1. The quantitative estimate of drug-likeness (QED) is 0.533. The van der Waals surface area contributed by atoms with Crippen LogP contribution in [0.5, 0.6) is 5.75 Å². The lowest BCUT2D eigenvalue weighted by molar-refractivity contribution is -0.116. The summed E-state index contributed by atoms with van der Waals surface area (Å²) in [5, 5.41) is 3.17. The first-order valence-electron chi connectivity index (χ1n) is 8.73. The van der Waals surface area contributed by atoms with E-state index in [1.807, 2.05) is 0 Å². The largest absolute Gasteiger partial charge is 0.491 e. The van der Waals surface area contributed by atoms with Gasteiger partial charge in [-0.15, -0.1) is 0 Å². The van der Waals surface area contributed by atoms with Gasteiger partial charge in [0.2, 0.25) is 15.9 Å². The molecule has 0 aliphatic heterocycles. The van der Waals surface area contributed by atoms with Crippen LogP contribution < -0.4 is 14.8 Å². The molecule has 7 nitrogen and oxygen atoms in total. The topological polar surface area (TPSA) is 97.6 Å². The number of benzene rings is 2. The van der Waals surface area contributed by atoms with Crippen LogP contribution in [0.4, 0.5) is 5.69 Å². The van der Waals surface area contributed by atoms with Gasteiger partial charge in [-0.05, 0) is 48.5 Å². The van der Waals surface area contributed by atoms with Gasteiger partial charge < -0.3 is 14.5 Å². The number of hydrogen-bond donors (Lipinski definition) is 2. The van der Waals surface area contributed by atoms with Crippen molar-refractivity contribution in [3.63, 3.8) is 0 Å². The second kappa shape index (κ2) is 9.60. The Hall–Kier alpha value is -2.81. The Balaban J connectivity index is 1.49. The number of nitrogens with one attached hydrogen (secondary N) is 2. The van der Waals surface area contributed by atoms with E-state index in [-0.39, 0.29) is 30.4 Å². The number of sulfonamides is 1. The molecule has 2 N–H and O–H groups in total. The molecule has 152 valence electrons. The maximum Gasteiger partial charge on any atom is 0.240 e. The summed E-state index contributed by atoms with van der Waals surface area (Å²) in [4.78, 5) is 12.1. The van der Waals surface area contributed by atoms with E-state index in [1.54, 1.807) is 36.4 Å². The fraction of sp³-hybridized carbons (Fsp3) is 0.150. The maximum absolute atomic E-state index is 12.3. The molecule has 3 rings (SSSR count). The Kier molecular flexibility index (Phi) is 6.92. The number of halogens is 1. The summed E-state index contributed by atoms with van der Waals surface area (Å²) in [5.41, 5.74) is 0.484. The fourth-order valence-electron chi connectivity index (χ4n) is 2.42. The fourth-order valence-corrected chi connectivity index (χ4v) is 3.60. The molecule has 0 aliphatic rings. The van der Waals surface area contributed by atoms with Gasteiger partial charge >= 0.3 is 0 Å². The highest BCUT2D eigenvalue weighted by atomic mass is 35.5. The van der Waals surface area contributed by atoms with Crippen LogP contribution in [0.15, 0.2) is 76.2 Å². The third kappa shape index (κ3) is 6.08. The minimum Gasteiger partial charge on any atom is -0.491 e. The molecule has 0 spiro atoms. The second-order valence-electron chi connectivity index (χ2n) is 6.01. The minimum absolute atomic E-state index is 0.0548. The normalized spacial score (nSPS) is 11.2. The lowest BCUT2D eigenvalue weighted by atomic mass is 10.3. The predicted molar refractivity (Wildman–Crippen MR) is 109 cm³/mol. The summed E-state index contributed by atoms with van der Waals surface area (Å²) >= 11 is 5.99. The molecular weight excluding hydrogens is 416 g/mol. The Morgan fingerprint density at radius 3 is 2.48 bits per heavy atom. The predicted octanol–water partition coefficient (Wildman–Crippen LogP) is 3.82. The van der Waals surface area contributed by atoms with Gasteiger partial charge in [0.25, 0.3) is 0 Å². The van der Waals surface area contributed by atoms with Gasteiger partial charge in [-0.25, -0.2) is 13.1 Å². The molecule has 0 aliphatic carbocycles. The van der Waals surface area contributed by atoms with Crippen molar-refractivity contribution in [2.75, 3.05) is 11.9 Å². The van der Waals surface area contributed by atoms with Crippen LogP contribution in [-0.4, -0.2) is 20.9 Å². The number of para-hydroxylation sites is 1. The minimum atomic E-state index is -3.69. The lowest BCUT2D eigenvalue weighted by Gasteiger charge is -2.09. The number of rotatable bonds is 9. The van der Waals surface area contributed by atoms with Crippen LogP contribution in [0.2, 0.25) is 5.02 Å². The summed E-state index contributed by atoms with van der Waals surface area (Å²) in [5.74, 6) is 0.763. The Morgan fingerprint density at radius 2 is 1.79 bits per heavy atom. The van der Waals surface area contributed by atoms with Crippen LogP contribution in [0.25, 0.3) is 0 Å². The van der Waals surface area contributed by atoms with Gasteiger partial charge in [-0.2, -0.15) is 0 Å². The van der Waals surface area contributed by atoms with E-state index in [0.29, 0.717) is 22.2 Å². The molecule has 3 aromatic rings. The van der Waals surface area contributed by atoms with Crippen LogP contribution >= 0.6 is 11.6 Å². The zero-order chi connectivity index (χ0) is 20.7. The van der Waals surface area contributed by atoms with E-state index >= 15 is 0 Å². The van der Waals surface area contributed by atoms with Crippen molar-refractivity contribution in [1.29, 1.82) is 0 Å². The van der Waals surface area contributed by atoms with Gasteiger partial charge in [-0.3, -0.25) is 4.79 Å². The Labute approximate surface area is 173 Å². The molecule has 1 aromatic heterocycles. The average molecular weight is 435 g/mol. The van der Waals surface area contributed by atoms with E-state index in [0.717, 1.165) is 0 Å². The highest BCUT2D eigenvalue weighted by Gasteiger charge is 2.14. The molecule has 9 heteroatoms. The first-order chi connectivity index (χ1) is 13.9. The number of furan rings is 1. The smallest absolute Gasteiger partial charge is 0.240 e. The van der Waals surface area contributed by atoms with Crippen molar-refractivity contribution >= 4 is 33.2 Å². The van der Waals surface area contributed by atoms with Crippen molar-refractivity contribution in [1.82, 2.24) is 4.72 Å². The monoisotopic (exact) mass is 434 g/mol. The number of anilines is 1. The van der Waals surface area contributed by atoms with Gasteiger partial charge in [-0.1, -0.05) is 23.7 Å². The van der Waals surface area contributed by atoms with Crippen LogP contribution in [-0.2, 0) is 21.4 Å². The van der Waals surface area contributed by atoms with Crippen LogP contribution in [0, 0.1) is 0 Å². The number of ether oxygens (including phenoxy) is 1. The highest BCUT2D eigenvalue weighted by molar-refractivity contribution is 7.89. The van der Waals surface area contributed by atoms with Crippen LogP contribution in [0.3, 0.4) is 0 Å². The second-order valence-corrected chi connectivity index (χ2v) is 8.18. The SMILES string of the molecule is O=C(CCOc1ccccc1Cl)Nc1ccc(S(=O)(=O)NCc2ccco2)cc1. The van der Waals surface area contributed by atoms with Crippen molar-refractivity contribution in [2.24, 2.45) is 0 Å². The zero-order valence-electron chi connectivity index (χ0n) is 15.3. The Bertz CT molecular complexity index is 1050. The van der Waals surface area contributed by atoms with Crippen molar-refractivity contribution in [3.05, 3.63) is 77.7 Å². The number of hydrogen-bond acceptors (Lipinski definition) is 5. The Morgan fingerprint density at radius 1 is 1.03 bits per heavy atom. The first kappa shape index (κ1) is 20.9. The summed E-state index contributed by atoms with van der Waals surface area (Å²) in [6.07, 6.45) is 1.59. The molecule has 0 unspecified atom stereocenters. The van der Waals surface area contributed by atoms with Gasteiger partial charge in [0.15, 0.2) is 0 Å². The van der Waals surface area contributed by atoms with E-state index in [9.17, 15) is 13.2 Å². The van der Waals surface area contributed by atoms with Gasteiger partial charge in [0.05, 0.1) is 35.8 Å². The molecule has 0 saturated carbocycles. The summed E-state index contributed by atoms with van der Waals surface area (Å²) in [6, 6.07) is 16.2. The first-order valence-corrected chi connectivity index (χ1v) is 10.6.